The molecule has 1 aliphatic rings. The van der Waals surface area contributed by atoms with Gasteiger partial charge in [-0.25, -0.2) is 4.98 Å². The lowest BCUT2D eigenvalue weighted by atomic mass is 10.2. The Bertz CT molecular complexity index is 378. The van der Waals surface area contributed by atoms with Gasteiger partial charge in [0.1, 0.15) is 5.82 Å². The summed E-state index contributed by atoms with van der Waals surface area (Å²) in [6.45, 7) is 8.49. The topological polar surface area (TPSA) is 41.1 Å². The zero-order chi connectivity index (χ0) is 12.3. The third-order valence-electron chi connectivity index (χ3n) is 3.22. The number of nitrogens with zero attached hydrogens (tertiary/aromatic N) is 3. The molecule has 17 heavy (non-hydrogen) atoms. The lowest BCUT2D eigenvalue weighted by molar-refractivity contribution is 0.725. The monoisotopic (exact) mass is 234 g/mol. The van der Waals surface area contributed by atoms with Gasteiger partial charge in [0.25, 0.3) is 0 Å². The fraction of sp³-hybridized carbons (Fsp3) is 0.692. The zero-order valence-corrected chi connectivity index (χ0v) is 11.0. The summed E-state index contributed by atoms with van der Waals surface area (Å²) in [7, 11) is 0. The van der Waals surface area contributed by atoms with Crippen molar-refractivity contribution in [2.75, 3.05) is 23.3 Å². The highest BCUT2D eigenvalue weighted by molar-refractivity contribution is 5.46. The minimum atomic E-state index is 0.600. The van der Waals surface area contributed by atoms with Gasteiger partial charge in [-0.05, 0) is 33.1 Å². The molecular formula is C13H22N4. The first-order chi connectivity index (χ1) is 8.20. The third-order valence-corrected chi connectivity index (χ3v) is 3.22. The van der Waals surface area contributed by atoms with Crippen molar-refractivity contribution in [3.63, 3.8) is 0 Å². The van der Waals surface area contributed by atoms with Crippen molar-refractivity contribution in [3.8, 4) is 0 Å². The Morgan fingerprint density at radius 2 is 2.29 bits per heavy atom. The van der Waals surface area contributed by atoms with Gasteiger partial charge >= 0.3 is 0 Å². The third kappa shape index (κ3) is 2.87. The molecule has 4 nitrogen and oxygen atoms in total. The molecule has 1 atom stereocenters. The summed E-state index contributed by atoms with van der Waals surface area (Å²) in [6, 6.07) is 2.68. The van der Waals surface area contributed by atoms with Crippen LogP contribution in [0.1, 0.15) is 38.8 Å². The van der Waals surface area contributed by atoms with Crippen LogP contribution in [0.5, 0.6) is 0 Å². The maximum absolute atomic E-state index is 4.61. The Kier molecular flexibility index (Phi) is 3.82. The molecule has 1 N–H and O–H groups in total. The molecule has 0 aliphatic carbocycles. The second kappa shape index (κ2) is 5.34. The highest BCUT2D eigenvalue weighted by atomic mass is 15.3. The fourth-order valence-corrected chi connectivity index (χ4v) is 2.29. The molecule has 2 heterocycles. The van der Waals surface area contributed by atoms with Gasteiger partial charge < -0.3 is 10.2 Å². The van der Waals surface area contributed by atoms with E-state index < -0.39 is 0 Å². The maximum Gasteiger partial charge on any atom is 0.224 e. The quantitative estimate of drug-likeness (QED) is 0.869. The van der Waals surface area contributed by atoms with Crippen LogP contribution in [0.4, 0.5) is 11.8 Å². The van der Waals surface area contributed by atoms with Crippen LogP contribution in [0.3, 0.4) is 0 Å². The van der Waals surface area contributed by atoms with E-state index in [-0.39, 0.29) is 0 Å². The average Bonchev–Trinajstić information content (AvgIpc) is 2.72. The molecule has 1 aromatic rings. The number of rotatable bonds is 4. The number of aromatic nitrogens is 2. The van der Waals surface area contributed by atoms with Crippen molar-refractivity contribution >= 4 is 11.8 Å². The maximum atomic E-state index is 4.61. The number of nitrogens with one attached hydrogen (secondary N) is 1. The number of anilines is 2. The van der Waals surface area contributed by atoms with Crippen LogP contribution in [0.25, 0.3) is 0 Å². The predicted molar refractivity (Wildman–Crippen MR) is 71.6 cm³/mol. The summed E-state index contributed by atoms with van der Waals surface area (Å²) in [5.74, 6) is 1.84. The van der Waals surface area contributed by atoms with E-state index >= 15 is 0 Å². The van der Waals surface area contributed by atoms with E-state index in [1.54, 1.807) is 0 Å². The van der Waals surface area contributed by atoms with E-state index in [1.807, 2.05) is 6.92 Å². The summed E-state index contributed by atoms with van der Waals surface area (Å²) in [5.41, 5.74) is 1.03. The van der Waals surface area contributed by atoms with Crippen LogP contribution in [-0.4, -0.2) is 29.1 Å². The van der Waals surface area contributed by atoms with Crippen LogP contribution in [0.15, 0.2) is 6.07 Å². The summed E-state index contributed by atoms with van der Waals surface area (Å²) >= 11 is 0. The molecule has 94 valence electrons. The summed E-state index contributed by atoms with van der Waals surface area (Å²) < 4.78 is 0. The molecular weight excluding hydrogens is 212 g/mol. The van der Waals surface area contributed by atoms with E-state index in [0.29, 0.717) is 6.04 Å². The van der Waals surface area contributed by atoms with Gasteiger partial charge in [0.05, 0.1) is 0 Å². The largest absolute Gasteiger partial charge is 0.354 e. The lowest BCUT2D eigenvalue weighted by Gasteiger charge is -2.23. The van der Waals surface area contributed by atoms with E-state index in [4.69, 9.17) is 0 Å². The van der Waals surface area contributed by atoms with Gasteiger partial charge in [-0.3, -0.25) is 0 Å². The van der Waals surface area contributed by atoms with Gasteiger partial charge in [0.15, 0.2) is 0 Å². The van der Waals surface area contributed by atoms with Crippen LogP contribution < -0.4 is 10.2 Å². The Balaban J connectivity index is 2.18. The molecule has 4 heteroatoms. The second-order valence-corrected chi connectivity index (χ2v) is 4.80. The summed E-state index contributed by atoms with van der Waals surface area (Å²) in [4.78, 5) is 11.4. The van der Waals surface area contributed by atoms with Crippen molar-refractivity contribution in [2.24, 2.45) is 0 Å². The van der Waals surface area contributed by atoms with Crippen LogP contribution >= 0.6 is 0 Å². The van der Waals surface area contributed by atoms with Crippen LogP contribution in [0, 0.1) is 6.92 Å². The minimum absolute atomic E-state index is 0.600. The molecule has 0 spiro atoms. The smallest absolute Gasteiger partial charge is 0.224 e. The van der Waals surface area contributed by atoms with Gasteiger partial charge in [-0.15, -0.1) is 0 Å². The SMILES string of the molecule is CCCNc1nc(C)cc(N2CCCC2C)n1. The van der Waals surface area contributed by atoms with E-state index in [0.717, 1.165) is 37.0 Å². The van der Waals surface area contributed by atoms with Gasteiger partial charge in [0.2, 0.25) is 5.95 Å². The summed E-state index contributed by atoms with van der Waals surface area (Å²) in [5, 5.41) is 3.26. The zero-order valence-electron chi connectivity index (χ0n) is 11.0. The van der Waals surface area contributed by atoms with Crippen molar-refractivity contribution in [1.29, 1.82) is 0 Å². The molecule has 2 rings (SSSR count). The van der Waals surface area contributed by atoms with Crippen molar-refractivity contribution in [2.45, 2.75) is 46.1 Å². The van der Waals surface area contributed by atoms with Gasteiger partial charge in [-0.1, -0.05) is 6.92 Å². The first-order valence-corrected chi connectivity index (χ1v) is 6.57. The van der Waals surface area contributed by atoms with Crippen molar-refractivity contribution < 1.29 is 0 Å². The highest BCUT2D eigenvalue weighted by Gasteiger charge is 2.22. The molecule has 0 bridgehead atoms. The number of hydrogen-bond donors (Lipinski definition) is 1. The molecule has 1 unspecified atom stereocenters. The van der Waals surface area contributed by atoms with Crippen molar-refractivity contribution in [3.05, 3.63) is 11.8 Å². The molecule has 1 aromatic heterocycles. The normalized spacial score (nSPS) is 19.7. The molecule has 1 aliphatic heterocycles. The van der Waals surface area contributed by atoms with Crippen molar-refractivity contribution in [1.82, 2.24) is 9.97 Å². The molecule has 0 radical (unpaired) electrons. The number of aryl methyl sites for hydroxylation is 1. The van der Waals surface area contributed by atoms with E-state index in [1.165, 1.54) is 12.8 Å². The summed E-state index contributed by atoms with van der Waals surface area (Å²) in [6.07, 6.45) is 3.62. The van der Waals surface area contributed by atoms with Crippen LogP contribution in [0.2, 0.25) is 0 Å². The molecule has 0 amide bonds. The molecule has 0 aromatic carbocycles. The average molecular weight is 234 g/mol. The molecule has 1 fully saturated rings. The fourth-order valence-electron chi connectivity index (χ4n) is 2.29. The first kappa shape index (κ1) is 12.1. The lowest BCUT2D eigenvalue weighted by Crippen LogP contribution is -2.27. The second-order valence-electron chi connectivity index (χ2n) is 4.80. The van der Waals surface area contributed by atoms with Gasteiger partial charge in [0, 0.05) is 30.9 Å². The van der Waals surface area contributed by atoms with E-state index in [2.05, 4.69) is 40.1 Å². The van der Waals surface area contributed by atoms with Gasteiger partial charge in [-0.2, -0.15) is 4.98 Å². The Morgan fingerprint density at radius 1 is 1.47 bits per heavy atom. The van der Waals surface area contributed by atoms with E-state index in [9.17, 15) is 0 Å². The highest BCUT2D eigenvalue weighted by Crippen LogP contribution is 2.24. The minimum Gasteiger partial charge on any atom is -0.354 e. The Labute approximate surface area is 103 Å². The first-order valence-electron chi connectivity index (χ1n) is 6.57. The molecule has 0 saturated carbocycles. The predicted octanol–water partition coefficient (Wildman–Crippen LogP) is 2.60. The number of hydrogen-bond acceptors (Lipinski definition) is 4. The van der Waals surface area contributed by atoms with Crippen LogP contribution in [-0.2, 0) is 0 Å². The molecule has 1 saturated heterocycles. The Morgan fingerprint density at radius 3 is 2.94 bits per heavy atom. The Hall–Kier alpha value is -1.32. The standard InChI is InChI=1S/C13H22N4/c1-4-7-14-13-15-10(2)9-12(16-13)17-8-5-6-11(17)3/h9,11H,4-8H2,1-3H3,(H,14,15,16).